The maximum absolute atomic E-state index is 11.3. The first-order valence-electron chi connectivity index (χ1n) is 5.06. The number of hydrogen-bond acceptors (Lipinski definition) is 2. The molecule has 0 radical (unpaired) electrons. The molecule has 0 aromatic carbocycles. The Hall–Kier alpha value is -1.03. The van der Waals surface area contributed by atoms with Gasteiger partial charge in [-0.3, -0.25) is 4.79 Å². The summed E-state index contributed by atoms with van der Waals surface area (Å²) in [6.07, 6.45) is 5.25. The molecule has 1 aromatic heterocycles. The summed E-state index contributed by atoms with van der Waals surface area (Å²) in [6.45, 7) is 2.48. The highest BCUT2D eigenvalue weighted by atomic mass is 35.5. The lowest BCUT2D eigenvalue weighted by Gasteiger charge is -2.08. The third kappa shape index (κ3) is 4.34. The molecule has 1 unspecified atom stereocenters. The van der Waals surface area contributed by atoms with Gasteiger partial charge >= 0.3 is 0 Å². The van der Waals surface area contributed by atoms with Crippen LogP contribution in [0.1, 0.15) is 19.2 Å². The van der Waals surface area contributed by atoms with Crippen molar-refractivity contribution in [1.82, 2.24) is 15.3 Å². The fourth-order valence-corrected chi connectivity index (χ4v) is 1.29. The van der Waals surface area contributed by atoms with Crippen molar-refractivity contribution in [3.8, 4) is 0 Å². The van der Waals surface area contributed by atoms with Crippen LogP contribution < -0.4 is 5.32 Å². The second-order valence-electron chi connectivity index (χ2n) is 3.49. The number of aromatic amines is 1. The number of alkyl halides is 1. The molecule has 0 fully saturated rings. The molecule has 1 aromatic rings. The summed E-state index contributed by atoms with van der Waals surface area (Å²) >= 11 is 5.57. The first-order valence-corrected chi connectivity index (χ1v) is 5.59. The van der Waals surface area contributed by atoms with Crippen molar-refractivity contribution in [2.45, 2.75) is 19.8 Å². The average molecular weight is 230 g/mol. The topological polar surface area (TPSA) is 57.8 Å². The third-order valence-electron chi connectivity index (χ3n) is 2.12. The Morgan fingerprint density at radius 3 is 3.13 bits per heavy atom. The van der Waals surface area contributed by atoms with E-state index < -0.39 is 0 Å². The van der Waals surface area contributed by atoms with E-state index in [0.29, 0.717) is 12.4 Å². The van der Waals surface area contributed by atoms with Crippen molar-refractivity contribution in [1.29, 1.82) is 0 Å². The number of H-pyrrole nitrogens is 1. The van der Waals surface area contributed by atoms with Gasteiger partial charge in [0.15, 0.2) is 0 Å². The van der Waals surface area contributed by atoms with E-state index in [1.54, 1.807) is 12.4 Å². The lowest BCUT2D eigenvalue weighted by molar-refractivity contribution is -0.123. The number of imidazole rings is 1. The predicted octanol–water partition coefficient (Wildman–Crippen LogP) is 1.33. The molecule has 4 nitrogen and oxygen atoms in total. The minimum atomic E-state index is -0.115. The first kappa shape index (κ1) is 12.0. The number of hydrogen-bond donors (Lipinski definition) is 2. The SMILES string of the molecule is CC(CCl)C(=O)NCCCc1ncc[nH]1. The Morgan fingerprint density at radius 2 is 2.53 bits per heavy atom. The van der Waals surface area contributed by atoms with Gasteiger partial charge in [0.25, 0.3) is 0 Å². The molecule has 1 amide bonds. The summed E-state index contributed by atoms with van der Waals surface area (Å²) in [7, 11) is 0. The molecule has 15 heavy (non-hydrogen) atoms. The smallest absolute Gasteiger partial charge is 0.224 e. The number of carbonyl (C=O) groups is 1. The zero-order chi connectivity index (χ0) is 11.1. The first-order chi connectivity index (χ1) is 7.24. The van der Waals surface area contributed by atoms with Crippen molar-refractivity contribution in [3.05, 3.63) is 18.2 Å². The monoisotopic (exact) mass is 229 g/mol. The van der Waals surface area contributed by atoms with Crippen LogP contribution >= 0.6 is 11.6 Å². The van der Waals surface area contributed by atoms with Crippen LogP contribution in [0.2, 0.25) is 0 Å². The highest BCUT2D eigenvalue weighted by molar-refractivity contribution is 6.19. The summed E-state index contributed by atoms with van der Waals surface area (Å²) in [6, 6.07) is 0. The molecule has 0 spiro atoms. The van der Waals surface area contributed by atoms with Gasteiger partial charge in [-0.1, -0.05) is 6.92 Å². The minimum absolute atomic E-state index is 0.0180. The van der Waals surface area contributed by atoms with Gasteiger partial charge in [-0.25, -0.2) is 4.98 Å². The van der Waals surface area contributed by atoms with E-state index in [2.05, 4.69) is 15.3 Å². The number of aromatic nitrogens is 2. The van der Waals surface area contributed by atoms with Crippen LogP contribution in [0.25, 0.3) is 0 Å². The van der Waals surface area contributed by atoms with Gasteiger partial charge in [-0.05, 0) is 6.42 Å². The lowest BCUT2D eigenvalue weighted by atomic mass is 10.2. The highest BCUT2D eigenvalue weighted by Gasteiger charge is 2.09. The van der Waals surface area contributed by atoms with E-state index in [0.717, 1.165) is 18.7 Å². The van der Waals surface area contributed by atoms with E-state index >= 15 is 0 Å². The fraction of sp³-hybridized carbons (Fsp3) is 0.600. The van der Waals surface area contributed by atoms with Crippen molar-refractivity contribution >= 4 is 17.5 Å². The second kappa shape index (κ2) is 6.45. The van der Waals surface area contributed by atoms with E-state index in [-0.39, 0.29) is 11.8 Å². The molecular weight excluding hydrogens is 214 g/mol. The average Bonchev–Trinajstić information content (AvgIpc) is 2.75. The number of nitrogens with one attached hydrogen (secondary N) is 2. The summed E-state index contributed by atoms with van der Waals surface area (Å²) in [4.78, 5) is 18.4. The Morgan fingerprint density at radius 1 is 1.73 bits per heavy atom. The van der Waals surface area contributed by atoms with Gasteiger partial charge in [0.1, 0.15) is 5.82 Å². The highest BCUT2D eigenvalue weighted by Crippen LogP contribution is 1.98. The van der Waals surface area contributed by atoms with Crippen molar-refractivity contribution in [3.63, 3.8) is 0 Å². The Bertz CT molecular complexity index is 287. The Kier molecular flexibility index (Phi) is 5.18. The van der Waals surface area contributed by atoms with Crippen LogP contribution in [0.3, 0.4) is 0 Å². The largest absolute Gasteiger partial charge is 0.356 e. The van der Waals surface area contributed by atoms with E-state index in [1.165, 1.54) is 0 Å². The molecule has 1 atom stereocenters. The summed E-state index contributed by atoms with van der Waals surface area (Å²) in [5, 5.41) is 2.83. The Labute approximate surface area is 94.4 Å². The lowest BCUT2D eigenvalue weighted by Crippen LogP contribution is -2.31. The maximum Gasteiger partial charge on any atom is 0.224 e. The number of carbonyl (C=O) groups excluding carboxylic acids is 1. The molecular formula is C10H16ClN3O. The van der Waals surface area contributed by atoms with Crippen molar-refractivity contribution in [2.75, 3.05) is 12.4 Å². The summed E-state index contributed by atoms with van der Waals surface area (Å²) in [5.41, 5.74) is 0. The zero-order valence-corrected chi connectivity index (χ0v) is 9.55. The molecule has 0 aliphatic carbocycles. The van der Waals surface area contributed by atoms with Gasteiger partial charge in [0, 0.05) is 37.2 Å². The second-order valence-corrected chi connectivity index (χ2v) is 3.79. The van der Waals surface area contributed by atoms with Crippen molar-refractivity contribution < 1.29 is 4.79 Å². The normalized spacial score (nSPS) is 12.4. The van der Waals surface area contributed by atoms with Crippen LogP contribution in [0.15, 0.2) is 12.4 Å². The van der Waals surface area contributed by atoms with Crippen LogP contribution in [-0.4, -0.2) is 28.3 Å². The number of amides is 1. The molecule has 0 saturated heterocycles. The predicted molar refractivity (Wildman–Crippen MR) is 59.8 cm³/mol. The number of rotatable bonds is 6. The van der Waals surface area contributed by atoms with Crippen LogP contribution in [0.5, 0.6) is 0 Å². The Balaban J connectivity index is 2.09. The minimum Gasteiger partial charge on any atom is -0.356 e. The molecule has 5 heteroatoms. The molecule has 1 rings (SSSR count). The number of nitrogens with zero attached hydrogens (tertiary/aromatic N) is 1. The standard InChI is InChI=1S/C10H16ClN3O/c1-8(7-11)10(15)14-4-2-3-9-12-5-6-13-9/h5-6,8H,2-4,7H2,1H3,(H,12,13)(H,14,15). The fourth-order valence-electron chi connectivity index (χ4n) is 1.15. The number of halogens is 1. The van der Waals surface area contributed by atoms with Gasteiger partial charge in [0.05, 0.1) is 0 Å². The van der Waals surface area contributed by atoms with E-state index in [4.69, 9.17) is 11.6 Å². The molecule has 84 valence electrons. The zero-order valence-electron chi connectivity index (χ0n) is 8.79. The molecule has 1 heterocycles. The third-order valence-corrected chi connectivity index (χ3v) is 2.59. The number of aryl methyl sites for hydroxylation is 1. The van der Waals surface area contributed by atoms with Gasteiger partial charge in [0.2, 0.25) is 5.91 Å². The molecule has 0 saturated carbocycles. The van der Waals surface area contributed by atoms with Gasteiger partial charge < -0.3 is 10.3 Å². The van der Waals surface area contributed by atoms with Crippen LogP contribution in [0, 0.1) is 5.92 Å². The summed E-state index contributed by atoms with van der Waals surface area (Å²) < 4.78 is 0. The maximum atomic E-state index is 11.3. The molecule has 0 bridgehead atoms. The van der Waals surface area contributed by atoms with Gasteiger partial charge in [-0.2, -0.15) is 0 Å². The van der Waals surface area contributed by atoms with E-state index in [1.807, 2.05) is 6.92 Å². The molecule has 2 N–H and O–H groups in total. The van der Waals surface area contributed by atoms with E-state index in [9.17, 15) is 4.79 Å². The van der Waals surface area contributed by atoms with Gasteiger partial charge in [-0.15, -0.1) is 11.6 Å². The molecule has 0 aliphatic rings. The molecule has 0 aliphatic heterocycles. The van der Waals surface area contributed by atoms with Crippen LogP contribution in [0.4, 0.5) is 0 Å². The summed E-state index contributed by atoms with van der Waals surface area (Å²) in [5.74, 6) is 1.22. The van der Waals surface area contributed by atoms with Crippen molar-refractivity contribution in [2.24, 2.45) is 5.92 Å². The van der Waals surface area contributed by atoms with Crippen LogP contribution in [-0.2, 0) is 11.2 Å². The quantitative estimate of drug-likeness (QED) is 0.571.